The Kier molecular flexibility index (Phi) is 7.68. The Morgan fingerprint density at radius 1 is 1.00 bits per heavy atom. The second kappa shape index (κ2) is 11.3. The Balaban J connectivity index is 1.19. The van der Waals surface area contributed by atoms with E-state index in [2.05, 4.69) is 82.4 Å². The number of allylic oxidation sites excluding steroid dienone is 1. The zero-order chi connectivity index (χ0) is 24.0. The second-order valence-corrected chi connectivity index (χ2v) is 10.4. The summed E-state index contributed by atoms with van der Waals surface area (Å²) in [4.78, 5) is 15.3. The van der Waals surface area contributed by atoms with Gasteiger partial charge in [0.1, 0.15) is 0 Å². The van der Waals surface area contributed by atoms with Gasteiger partial charge in [0, 0.05) is 36.8 Å². The van der Waals surface area contributed by atoms with Crippen molar-refractivity contribution in [1.82, 2.24) is 14.8 Å². The van der Waals surface area contributed by atoms with Crippen molar-refractivity contribution in [3.8, 4) is 0 Å². The average molecular weight is 470 g/mol. The molecule has 2 heterocycles. The monoisotopic (exact) mass is 469 g/mol. The van der Waals surface area contributed by atoms with Crippen LogP contribution >= 0.6 is 0 Å². The SMILES string of the molecule is Cc1ccccc1Cn1c(CN2CCC(C(=O)NCCC3=CCCCC3)CC2)cc2ccccc21. The molecule has 4 nitrogen and oxygen atoms in total. The number of benzene rings is 2. The molecule has 184 valence electrons. The molecule has 0 unspecified atom stereocenters. The normalized spacial score (nSPS) is 17.5. The van der Waals surface area contributed by atoms with Gasteiger partial charge < -0.3 is 9.88 Å². The molecule has 0 bridgehead atoms. The third-order valence-corrected chi connectivity index (χ3v) is 7.96. The number of fused-ring (bicyclic) bond motifs is 1. The quantitative estimate of drug-likeness (QED) is 0.398. The maximum Gasteiger partial charge on any atom is 0.223 e. The number of hydrogen-bond acceptors (Lipinski definition) is 2. The molecule has 1 N–H and O–H groups in total. The van der Waals surface area contributed by atoms with Crippen molar-refractivity contribution in [2.24, 2.45) is 5.92 Å². The number of hydrogen-bond donors (Lipinski definition) is 1. The molecule has 0 radical (unpaired) electrons. The first-order chi connectivity index (χ1) is 17.2. The van der Waals surface area contributed by atoms with Crippen LogP contribution in [0.25, 0.3) is 10.9 Å². The highest BCUT2D eigenvalue weighted by molar-refractivity contribution is 5.81. The molecule has 1 saturated heterocycles. The molecule has 1 amide bonds. The lowest BCUT2D eigenvalue weighted by Gasteiger charge is -2.31. The molecule has 1 aromatic heterocycles. The van der Waals surface area contributed by atoms with Gasteiger partial charge in [0.2, 0.25) is 5.91 Å². The van der Waals surface area contributed by atoms with E-state index in [1.165, 1.54) is 59.0 Å². The van der Waals surface area contributed by atoms with Crippen LogP contribution in [-0.4, -0.2) is 35.0 Å². The van der Waals surface area contributed by atoms with Gasteiger partial charge >= 0.3 is 0 Å². The number of nitrogens with zero attached hydrogens (tertiary/aromatic N) is 2. The number of carbonyl (C=O) groups is 1. The molecule has 2 aliphatic rings. The van der Waals surface area contributed by atoms with Crippen LogP contribution in [0, 0.1) is 12.8 Å². The number of carbonyl (C=O) groups excluding carboxylic acids is 1. The molecule has 5 rings (SSSR count). The summed E-state index contributed by atoms with van der Waals surface area (Å²) in [6.07, 6.45) is 10.4. The topological polar surface area (TPSA) is 37.3 Å². The number of aryl methyl sites for hydroxylation is 1. The summed E-state index contributed by atoms with van der Waals surface area (Å²) in [5.41, 5.74) is 6.90. The van der Waals surface area contributed by atoms with Crippen molar-refractivity contribution < 1.29 is 4.79 Å². The predicted octanol–water partition coefficient (Wildman–Crippen LogP) is 6.22. The van der Waals surface area contributed by atoms with Crippen LogP contribution in [0.3, 0.4) is 0 Å². The summed E-state index contributed by atoms with van der Waals surface area (Å²) in [5.74, 6) is 0.416. The first-order valence-corrected chi connectivity index (χ1v) is 13.5. The summed E-state index contributed by atoms with van der Waals surface area (Å²) in [6, 6.07) is 19.7. The Bertz CT molecular complexity index is 1180. The molecule has 1 fully saturated rings. The van der Waals surface area contributed by atoms with E-state index in [4.69, 9.17) is 0 Å². The van der Waals surface area contributed by atoms with Crippen LogP contribution in [0.2, 0.25) is 0 Å². The van der Waals surface area contributed by atoms with Crippen LogP contribution < -0.4 is 5.32 Å². The maximum absolute atomic E-state index is 12.8. The molecule has 3 aromatic rings. The number of piperidine rings is 1. The fourth-order valence-electron chi connectivity index (χ4n) is 5.75. The summed E-state index contributed by atoms with van der Waals surface area (Å²) in [5, 5.41) is 4.53. The molecule has 35 heavy (non-hydrogen) atoms. The average Bonchev–Trinajstić information content (AvgIpc) is 3.23. The van der Waals surface area contributed by atoms with Gasteiger partial charge in [-0.05, 0) is 93.6 Å². The molecule has 4 heteroatoms. The molecule has 0 atom stereocenters. The lowest BCUT2D eigenvalue weighted by Crippen LogP contribution is -2.40. The fraction of sp³-hybridized carbons (Fsp3) is 0.452. The van der Waals surface area contributed by atoms with Gasteiger partial charge in [-0.25, -0.2) is 0 Å². The maximum atomic E-state index is 12.8. The van der Waals surface area contributed by atoms with Crippen molar-refractivity contribution >= 4 is 16.8 Å². The van der Waals surface area contributed by atoms with Gasteiger partial charge in [-0.3, -0.25) is 9.69 Å². The smallest absolute Gasteiger partial charge is 0.223 e. The van der Waals surface area contributed by atoms with Gasteiger partial charge in [-0.1, -0.05) is 54.1 Å². The second-order valence-electron chi connectivity index (χ2n) is 10.4. The van der Waals surface area contributed by atoms with E-state index in [-0.39, 0.29) is 11.8 Å². The lowest BCUT2D eigenvalue weighted by molar-refractivity contribution is -0.126. The Morgan fingerprint density at radius 3 is 2.60 bits per heavy atom. The third kappa shape index (κ3) is 5.87. The Hall–Kier alpha value is -2.85. The first-order valence-electron chi connectivity index (χ1n) is 13.5. The number of para-hydroxylation sites is 1. The molecule has 1 aliphatic carbocycles. The van der Waals surface area contributed by atoms with E-state index in [9.17, 15) is 4.79 Å². The minimum atomic E-state index is 0.157. The van der Waals surface area contributed by atoms with Gasteiger partial charge in [-0.15, -0.1) is 0 Å². The van der Waals surface area contributed by atoms with Crippen molar-refractivity contribution in [3.63, 3.8) is 0 Å². The van der Waals surface area contributed by atoms with Crippen LogP contribution in [0.5, 0.6) is 0 Å². The Morgan fingerprint density at radius 2 is 1.80 bits per heavy atom. The summed E-state index contributed by atoms with van der Waals surface area (Å²) in [7, 11) is 0. The van der Waals surface area contributed by atoms with E-state index < -0.39 is 0 Å². The Labute approximate surface area is 210 Å². The summed E-state index contributed by atoms with van der Waals surface area (Å²) >= 11 is 0. The van der Waals surface area contributed by atoms with E-state index in [0.717, 1.165) is 52.0 Å². The molecular weight excluding hydrogens is 430 g/mol. The van der Waals surface area contributed by atoms with Crippen LogP contribution in [0.15, 0.2) is 66.2 Å². The van der Waals surface area contributed by atoms with Crippen molar-refractivity contribution in [3.05, 3.63) is 83.1 Å². The minimum absolute atomic E-state index is 0.157. The molecule has 0 spiro atoms. The van der Waals surface area contributed by atoms with Gasteiger partial charge in [0.05, 0.1) is 0 Å². The summed E-state index contributed by atoms with van der Waals surface area (Å²) in [6.45, 7) is 6.78. The molecular formula is C31H39N3O. The van der Waals surface area contributed by atoms with Crippen molar-refractivity contribution in [1.29, 1.82) is 0 Å². The standard InChI is InChI=1S/C31H39N3O/c1-24-9-5-6-13-28(24)22-34-29(21-27-12-7-8-14-30(27)34)23-33-19-16-26(17-20-33)31(35)32-18-15-25-10-3-2-4-11-25/h5-10,12-14,21,26H,2-4,11,15-20,22-23H2,1H3,(H,32,35). The van der Waals surface area contributed by atoms with E-state index >= 15 is 0 Å². The highest BCUT2D eigenvalue weighted by Crippen LogP contribution is 2.26. The van der Waals surface area contributed by atoms with Crippen LogP contribution in [0.1, 0.15) is 61.8 Å². The number of likely N-dealkylation sites (tertiary alicyclic amines) is 1. The van der Waals surface area contributed by atoms with Crippen molar-refractivity contribution in [2.75, 3.05) is 19.6 Å². The fourth-order valence-corrected chi connectivity index (χ4v) is 5.75. The van der Waals surface area contributed by atoms with E-state index in [1.807, 2.05) is 0 Å². The molecule has 2 aromatic carbocycles. The van der Waals surface area contributed by atoms with Crippen LogP contribution in [-0.2, 0) is 17.9 Å². The largest absolute Gasteiger partial charge is 0.356 e. The highest BCUT2D eigenvalue weighted by Gasteiger charge is 2.25. The highest BCUT2D eigenvalue weighted by atomic mass is 16.1. The van der Waals surface area contributed by atoms with Gasteiger partial charge in [0.15, 0.2) is 0 Å². The first kappa shape index (κ1) is 23.9. The predicted molar refractivity (Wildman–Crippen MR) is 144 cm³/mol. The molecule has 0 saturated carbocycles. The summed E-state index contributed by atoms with van der Waals surface area (Å²) < 4.78 is 2.48. The number of amides is 1. The van der Waals surface area contributed by atoms with Crippen molar-refractivity contribution in [2.45, 2.75) is 65.0 Å². The van der Waals surface area contributed by atoms with Gasteiger partial charge in [-0.2, -0.15) is 0 Å². The number of aromatic nitrogens is 1. The number of rotatable bonds is 8. The lowest BCUT2D eigenvalue weighted by atomic mass is 9.95. The number of nitrogens with one attached hydrogen (secondary N) is 1. The van der Waals surface area contributed by atoms with Crippen LogP contribution in [0.4, 0.5) is 0 Å². The van der Waals surface area contributed by atoms with E-state index in [1.54, 1.807) is 0 Å². The third-order valence-electron chi connectivity index (χ3n) is 7.96. The van der Waals surface area contributed by atoms with Gasteiger partial charge in [0.25, 0.3) is 0 Å². The zero-order valence-electron chi connectivity index (χ0n) is 21.1. The minimum Gasteiger partial charge on any atom is -0.356 e. The zero-order valence-corrected chi connectivity index (χ0v) is 21.1. The molecule has 1 aliphatic heterocycles. The van der Waals surface area contributed by atoms with E-state index in [0.29, 0.717) is 0 Å².